The number of pyridine rings is 1. The van der Waals surface area contributed by atoms with E-state index in [9.17, 15) is 0 Å². The third-order valence-electron chi connectivity index (χ3n) is 3.25. The number of alkyl halides is 1. The summed E-state index contributed by atoms with van der Waals surface area (Å²) >= 11 is 6.02. The summed E-state index contributed by atoms with van der Waals surface area (Å²) < 4.78 is 0. The molecular weight excluding hydrogens is 268 g/mol. The Labute approximate surface area is 126 Å². The average molecular weight is 289 g/mol. The molecule has 3 heteroatoms. The van der Waals surface area contributed by atoms with E-state index in [1.807, 2.05) is 6.07 Å². The van der Waals surface area contributed by atoms with Gasteiger partial charge in [0.25, 0.3) is 0 Å². The van der Waals surface area contributed by atoms with Crippen LogP contribution in [0.1, 0.15) is 31.5 Å². The summed E-state index contributed by atoms with van der Waals surface area (Å²) in [6.45, 7) is 5.19. The third kappa shape index (κ3) is 3.51. The summed E-state index contributed by atoms with van der Waals surface area (Å²) in [5.74, 6) is 1.51. The lowest BCUT2D eigenvalue weighted by Gasteiger charge is -2.23. The van der Waals surface area contributed by atoms with Crippen LogP contribution in [0.2, 0.25) is 0 Å². The maximum atomic E-state index is 6.02. The molecule has 0 fully saturated rings. The van der Waals surface area contributed by atoms with Crippen molar-refractivity contribution in [3.63, 3.8) is 0 Å². The average Bonchev–Trinajstić information content (AvgIpc) is 2.49. The zero-order valence-corrected chi connectivity index (χ0v) is 12.9. The topological polar surface area (TPSA) is 16.1 Å². The van der Waals surface area contributed by atoms with Crippen molar-refractivity contribution in [3.8, 4) is 0 Å². The van der Waals surface area contributed by atoms with E-state index in [1.165, 1.54) is 0 Å². The van der Waals surface area contributed by atoms with Crippen molar-refractivity contribution in [2.45, 2.75) is 32.6 Å². The van der Waals surface area contributed by atoms with E-state index in [0.717, 1.165) is 42.1 Å². The zero-order chi connectivity index (χ0) is 14.4. The molecule has 1 heterocycles. The van der Waals surface area contributed by atoms with Crippen molar-refractivity contribution in [2.24, 2.45) is 0 Å². The van der Waals surface area contributed by atoms with Gasteiger partial charge in [0.05, 0.1) is 0 Å². The van der Waals surface area contributed by atoms with E-state index in [1.54, 1.807) is 0 Å². The normalized spacial score (nSPS) is 10.6. The zero-order valence-electron chi connectivity index (χ0n) is 12.1. The van der Waals surface area contributed by atoms with Gasteiger partial charge in [-0.05, 0) is 43.2 Å². The Bertz CT molecular complexity index is 540. The smallest absolute Gasteiger partial charge is 0.133 e. The fourth-order valence-corrected chi connectivity index (χ4v) is 2.47. The first kappa shape index (κ1) is 14.9. The van der Waals surface area contributed by atoms with Crippen LogP contribution in [0.4, 0.5) is 11.5 Å². The molecule has 0 unspecified atom stereocenters. The number of anilines is 2. The molecule has 2 rings (SSSR count). The first-order chi connectivity index (χ1) is 9.78. The number of rotatable bonds is 6. The van der Waals surface area contributed by atoms with Crippen LogP contribution < -0.4 is 4.90 Å². The van der Waals surface area contributed by atoms with Gasteiger partial charge in [-0.1, -0.05) is 31.5 Å². The molecule has 0 aliphatic rings. The highest BCUT2D eigenvalue weighted by molar-refractivity contribution is 6.17. The molecule has 0 N–H and O–H groups in total. The van der Waals surface area contributed by atoms with Crippen LogP contribution in [0, 0.1) is 0 Å². The summed E-state index contributed by atoms with van der Waals surface area (Å²) in [7, 11) is 0. The largest absolute Gasteiger partial charge is 0.327 e. The highest BCUT2D eigenvalue weighted by Gasteiger charge is 2.10. The fraction of sp³-hybridized carbons (Fsp3) is 0.353. The molecule has 2 nitrogen and oxygen atoms in total. The monoisotopic (exact) mass is 288 g/mol. The molecule has 2 aromatic rings. The van der Waals surface area contributed by atoms with Gasteiger partial charge in [0.1, 0.15) is 5.82 Å². The van der Waals surface area contributed by atoms with Crippen molar-refractivity contribution in [2.75, 3.05) is 11.4 Å². The van der Waals surface area contributed by atoms with Gasteiger partial charge < -0.3 is 4.90 Å². The van der Waals surface area contributed by atoms with E-state index < -0.39 is 0 Å². The molecule has 0 aliphatic heterocycles. The lowest BCUT2D eigenvalue weighted by atomic mass is 10.1. The summed E-state index contributed by atoms with van der Waals surface area (Å²) in [5, 5.41) is 0. The first-order valence-electron chi connectivity index (χ1n) is 7.16. The lowest BCUT2D eigenvalue weighted by Crippen LogP contribution is -2.18. The Kier molecular flexibility index (Phi) is 5.42. The van der Waals surface area contributed by atoms with Crippen LogP contribution >= 0.6 is 11.6 Å². The van der Waals surface area contributed by atoms with Crippen molar-refractivity contribution < 1.29 is 0 Å². The predicted molar refractivity (Wildman–Crippen MR) is 86.9 cm³/mol. The number of aryl methyl sites for hydroxylation is 1. The molecule has 1 aromatic heterocycles. The Balaban J connectivity index is 2.40. The highest BCUT2D eigenvalue weighted by atomic mass is 35.5. The van der Waals surface area contributed by atoms with E-state index in [0.29, 0.717) is 5.88 Å². The fourth-order valence-electron chi connectivity index (χ4n) is 2.32. The van der Waals surface area contributed by atoms with Gasteiger partial charge in [-0.15, -0.1) is 11.6 Å². The molecule has 0 radical (unpaired) electrons. The van der Waals surface area contributed by atoms with E-state index in [2.05, 4.69) is 55.1 Å². The van der Waals surface area contributed by atoms with Crippen molar-refractivity contribution in [3.05, 3.63) is 53.7 Å². The first-order valence-corrected chi connectivity index (χ1v) is 7.70. The van der Waals surface area contributed by atoms with E-state index >= 15 is 0 Å². The summed E-state index contributed by atoms with van der Waals surface area (Å²) in [5.41, 5.74) is 3.42. The van der Waals surface area contributed by atoms with Crippen LogP contribution in [-0.2, 0) is 12.3 Å². The molecule has 0 amide bonds. The number of aromatic nitrogens is 1. The van der Waals surface area contributed by atoms with Crippen molar-refractivity contribution in [1.29, 1.82) is 0 Å². The predicted octanol–water partition coefficient (Wildman–Crippen LogP) is 4.93. The van der Waals surface area contributed by atoms with Crippen LogP contribution in [0.15, 0.2) is 42.5 Å². The molecule has 0 spiro atoms. The van der Waals surface area contributed by atoms with Gasteiger partial charge in [0.2, 0.25) is 0 Å². The molecule has 0 saturated heterocycles. The number of benzene rings is 1. The molecule has 0 bridgehead atoms. The maximum Gasteiger partial charge on any atom is 0.133 e. The number of hydrogen-bond donors (Lipinski definition) is 0. The van der Waals surface area contributed by atoms with Gasteiger partial charge in [-0.25, -0.2) is 4.98 Å². The van der Waals surface area contributed by atoms with Crippen LogP contribution in [-0.4, -0.2) is 11.5 Å². The Hall–Kier alpha value is -1.54. The number of nitrogens with zero attached hydrogens (tertiary/aromatic N) is 2. The Morgan fingerprint density at radius 1 is 1.10 bits per heavy atom. The second kappa shape index (κ2) is 7.30. The second-order valence-corrected chi connectivity index (χ2v) is 5.06. The minimum absolute atomic E-state index is 0.526. The summed E-state index contributed by atoms with van der Waals surface area (Å²) in [6, 6.07) is 14.5. The van der Waals surface area contributed by atoms with Gasteiger partial charge in [-0.3, -0.25) is 0 Å². The summed E-state index contributed by atoms with van der Waals surface area (Å²) in [6.07, 6.45) is 2.08. The Morgan fingerprint density at radius 3 is 2.45 bits per heavy atom. The third-order valence-corrected chi connectivity index (χ3v) is 3.55. The van der Waals surface area contributed by atoms with Crippen LogP contribution in [0.3, 0.4) is 0 Å². The number of para-hydroxylation sites is 1. The highest BCUT2D eigenvalue weighted by Crippen LogP contribution is 2.25. The van der Waals surface area contributed by atoms with Gasteiger partial charge in [0, 0.05) is 23.8 Å². The molecule has 20 heavy (non-hydrogen) atoms. The number of hydrogen-bond acceptors (Lipinski definition) is 2. The molecular formula is C17H21ClN2. The molecule has 106 valence electrons. The minimum atomic E-state index is 0.526. The van der Waals surface area contributed by atoms with Crippen LogP contribution in [0.5, 0.6) is 0 Å². The van der Waals surface area contributed by atoms with Crippen molar-refractivity contribution in [1.82, 2.24) is 4.98 Å². The lowest BCUT2D eigenvalue weighted by molar-refractivity contribution is 0.868. The molecule has 1 aromatic carbocycles. The standard InChI is InChI=1S/C17H21ClN2/c1-3-8-15-11-14(13-18)12-17(19-15)20(4-2)16-9-6-5-7-10-16/h5-7,9-12H,3-4,8,13H2,1-2H3. The van der Waals surface area contributed by atoms with Crippen molar-refractivity contribution >= 4 is 23.1 Å². The summed E-state index contributed by atoms with van der Waals surface area (Å²) in [4.78, 5) is 7.00. The number of halogens is 1. The minimum Gasteiger partial charge on any atom is -0.327 e. The second-order valence-electron chi connectivity index (χ2n) is 4.79. The van der Waals surface area contributed by atoms with Gasteiger partial charge in [-0.2, -0.15) is 0 Å². The molecule has 0 saturated carbocycles. The molecule has 0 aliphatic carbocycles. The van der Waals surface area contributed by atoms with Gasteiger partial charge in [0.15, 0.2) is 0 Å². The SMILES string of the molecule is CCCc1cc(CCl)cc(N(CC)c2ccccc2)n1. The van der Waals surface area contributed by atoms with Gasteiger partial charge >= 0.3 is 0 Å². The Morgan fingerprint density at radius 2 is 1.85 bits per heavy atom. The maximum absolute atomic E-state index is 6.02. The molecule has 0 atom stereocenters. The van der Waals surface area contributed by atoms with Crippen LogP contribution in [0.25, 0.3) is 0 Å². The van der Waals surface area contributed by atoms with E-state index in [4.69, 9.17) is 16.6 Å². The quantitative estimate of drug-likeness (QED) is 0.701. The van der Waals surface area contributed by atoms with E-state index in [-0.39, 0.29) is 0 Å².